The van der Waals surface area contributed by atoms with Gasteiger partial charge in [-0.05, 0) is 43.7 Å². The fraction of sp³-hybridized carbons (Fsp3) is 0.188. The number of nitrogens with one attached hydrogen (secondary N) is 1. The highest BCUT2D eigenvalue weighted by Gasteiger charge is 2.12. The molecule has 0 aliphatic carbocycles. The molecule has 0 bridgehead atoms. The minimum atomic E-state index is -0.389. The number of amidine groups is 1. The Labute approximate surface area is 118 Å². The zero-order chi connectivity index (χ0) is 14.9. The number of anilines is 2. The highest BCUT2D eigenvalue weighted by Crippen LogP contribution is 2.29. The van der Waals surface area contributed by atoms with Crippen LogP contribution in [0.4, 0.5) is 15.8 Å². The summed E-state index contributed by atoms with van der Waals surface area (Å²) in [5.41, 5.74) is 9.42. The van der Waals surface area contributed by atoms with Crippen LogP contribution in [-0.2, 0) is 0 Å². The second-order valence-corrected chi connectivity index (χ2v) is 4.93. The molecule has 104 valence electrons. The van der Waals surface area contributed by atoms with E-state index in [1.807, 2.05) is 33.0 Å². The summed E-state index contributed by atoms with van der Waals surface area (Å²) in [6, 6.07) is 10.6. The molecule has 0 aliphatic rings. The molecule has 0 spiro atoms. The van der Waals surface area contributed by atoms with Gasteiger partial charge in [-0.3, -0.25) is 5.41 Å². The van der Waals surface area contributed by atoms with Crippen molar-refractivity contribution >= 4 is 17.2 Å². The minimum Gasteiger partial charge on any atom is -0.384 e. The molecule has 3 nitrogen and oxygen atoms in total. The first kappa shape index (κ1) is 14.1. The number of benzene rings is 2. The maximum absolute atomic E-state index is 14.2. The van der Waals surface area contributed by atoms with Crippen molar-refractivity contribution in [3.63, 3.8) is 0 Å². The molecule has 0 amide bonds. The molecule has 2 aromatic carbocycles. The molecule has 4 heteroatoms. The van der Waals surface area contributed by atoms with E-state index in [4.69, 9.17) is 11.1 Å². The molecule has 0 aliphatic heterocycles. The van der Waals surface area contributed by atoms with Crippen LogP contribution in [0.2, 0.25) is 0 Å². The van der Waals surface area contributed by atoms with Crippen LogP contribution >= 0.6 is 0 Å². The molecule has 3 N–H and O–H groups in total. The third-order valence-corrected chi connectivity index (χ3v) is 3.33. The predicted molar refractivity (Wildman–Crippen MR) is 81.4 cm³/mol. The van der Waals surface area contributed by atoms with Crippen molar-refractivity contribution < 1.29 is 4.39 Å². The summed E-state index contributed by atoms with van der Waals surface area (Å²) in [7, 11) is 1.82. The van der Waals surface area contributed by atoms with Crippen LogP contribution in [0.5, 0.6) is 0 Å². The van der Waals surface area contributed by atoms with Crippen LogP contribution in [-0.4, -0.2) is 12.9 Å². The number of rotatable bonds is 3. The molecule has 20 heavy (non-hydrogen) atoms. The van der Waals surface area contributed by atoms with Crippen molar-refractivity contribution in [1.29, 1.82) is 5.41 Å². The van der Waals surface area contributed by atoms with Crippen molar-refractivity contribution in [2.24, 2.45) is 5.73 Å². The summed E-state index contributed by atoms with van der Waals surface area (Å²) in [5.74, 6) is -0.523. The Hall–Kier alpha value is -2.36. The lowest BCUT2D eigenvalue weighted by atomic mass is 10.1. The van der Waals surface area contributed by atoms with Crippen molar-refractivity contribution in [2.75, 3.05) is 11.9 Å². The Morgan fingerprint density at radius 2 is 1.75 bits per heavy atom. The Morgan fingerprint density at radius 3 is 2.30 bits per heavy atom. The molecule has 0 radical (unpaired) electrons. The smallest absolute Gasteiger partial charge is 0.147 e. The average Bonchev–Trinajstić information content (AvgIpc) is 2.37. The summed E-state index contributed by atoms with van der Waals surface area (Å²) in [6.07, 6.45) is 0. The van der Waals surface area contributed by atoms with Crippen molar-refractivity contribution in [1.82, 2.24) is 0 Å². The van der Waals surface area contributed by atoms with Gasteiger partial charge in [0.2, 0.25) is 0 Å². The number of aryl methyl sites for hydroxylation is 2. The van der Waals surface area contributed by atoms with Gasteiger partial charge in [0.05, 0.1) is 5.69 Å². The Balaban J connectivity index is 2.43. The molecule has 0 aromatic heterocycles. The number of hydrogen-bond acceptors (Lipinski definition) is 2. The van der Waals surface area contributed by atoms with Gasteiger partial charge in [-0.25, -0.2) is 4.39 Å². The first-order valence-corrected chi connectivity index (χ1v) is 6.35. The highest BCUT2D eigenvalue weighted by atomic mass is 19.1. The van der Waals surface area contributed by atoms with E-state index in [2.05, 4.69) is 6.07 Å². The van der Waals surface area contributed by atoms with Crippen LogP contribution < -0.4 is 10.6 Å². The fourth-order valence-corrected chi connectivity index (χ4v) is 2.26. The molecule has 2 rings (SSSR count). The zero-order valence-corrected chi connectivity index (χ0v) is 11.9. The third-order valence-electron chi connectivity index (χ3n) is 3.33. The molecular formula is C16H18FN3. The van der Waals surface area contributed by atoms with Crippen LogP contribution in [0, 0.1) is 25.1 Å². The number of hydrogen-bond donors (Lipinski definition) is 2. The standard InChI is InChI=1S/C16H18FN3/c1-10-4-6-14(11(2)8-10)20(3)15-7-5-12(16(18)19)9-13(15)17/h4-9H,1-3H3,(H3,18,19). The number of nitrogens with two attached hydrogens (primary N) is 1. The summed E-state index contributed by atoms with van der Waals surface area (Å²) in [5, 5.41) is 7.33. The first-order valence-electron chi connectivity index (χ1n) is 6.35. The van der Waals surface area contributed by atoms with Gasteiger partial charge in [-0.2, -0.15) is 0 Å². The normalized spacial score (nSPS) is 10.4. The van der Waals surface area contributed by atoms with Crippen LogP contribution in [0.15, 0.2) is 36.4 Å². The summed E-state index contributed by atoms with van der Waals surface area (Å²) in [6.45, 7) is 4.03. The summed E-state index contributed by atoms with van der Waals surface area (Å²) in [4.78, 5) is 1.80. The molecular weight excluding hydrogens is 253 g/mol. The maximum Gasteiger partial charge on any atom is 0.147 e. The van der Waals surface area contributed by atoms with Gasteiger partial charge in [0.15, 0.2) is 0 Å². The lowest BCUT2D eigenvalue weighted by molar-refractivity contribution is 0.627. The predicted octanol–water partition coefficient (Wildman–Crippen LogP) is 3.49. The number of nitrogen functional groups attached to an aromatic ring is 1. The van der Waals surface area contributed by atoms with E-state index in [0.717, 1.165) is 11.3 Å². The van der Waals surface area contributed by atoms with Crippen LogP contribution in [0.1, 0.15) is 16.7 Å². The van der Waals surface area contributed by atoms with Crippen molar-refractivity contribution in [3.05, 3.63) is 58.9 Å². The molecule has 0 fully saturated rings. The van der Waals surface area contributed by atoms with E-state index in [1.165, 1.54) is 11.6 Å². The maximum atomic E-state index is 14.2. The first-order chi connectivity index (χ1) is 9.40. The SMILES string of the molecule is Cc1ccc(N(C)c2ccc(C(=N)N)cc2F)c(C)c1. The summed E-state index contributed by atoms with van der Waals surface area (Å²) < 4.78 is 14.2. The van der Waals surface area contributed by atoms with Crippen molar-refractivity contribution in [3.8, 4) is 0 Å². The second kappa shape index (κ2) is 5.33. The third kappa shape index (κ3) is 2.64. The Kier molecular flexibility index (Phi) is 3.74. The second-order valence-electron chi connectivity index (χ2n) is 4.93. The van der Waals surface area contributed by atoms with E-state index in [0.29, 0.717) is 11.3 Å². The molecule has 0 saturated heterocycles. The monoisotopic (exact) mass is 271 g/mol. The highest BCUT2D eigenvalue weighted by molar-refractivity contribution is 5.95. The molecule has 2 aromatic rings. The lowest BCUT2D eigenvalue weighted by Gasteiger charge is -2.22. The fourth-order valence-electron chi connectivity index (χ4n) is 2.26. The van der Waals surface area contributed by atoms with Gasteiger partial charge in [0.25, 0.3) is 0 Å². The molecule has 0 saturated carbocycles. The molecule has 0 unspecified atom stereocenters. The number of halogens is 1. The zero-order valence-electron chi connectivity index (χ0n) is 11.9. The Bertz CT molecular complexity index is 665. The van der Waals surface area contributed by atoms with Gasteiger partial charge in [-0.15, -0.1) is 0 Å². The molecule has 0 atom stereocenters. The van der Waals surface area contributed by atoms with E-state index in [9.17, 15) is 4.39 Å². The van der Waals surface area contributed by atoms with Gasteiger partial charge >= 0.3 is 0 Å². The van der Waals surface area contributed by atoms with E-state index in [-0.39, 0.29) is 11.7 Å². The van der Waals surface area contributed by atoms with Gasteiger partial charge in [0, 0.05) is 18.3 Å². The van der Waals surface area contributed by atoms with Crippen molar-refractivity contribution in [2.45, 2.75) is 13.8 Å². The van der Waals surface area contributed by atoms with Crippen LogP contribution in [0.25, 0.3) is 0 Å². The van der Waals surface area contributed by atoms with Crippen LogP contribution in [0.3, 0.4) is 0 Å². The van der Waals surface area contributed by atoms with E-state index >= 15 is 0 Å². The number of nitrogens with zero attached hydrogens (tertiary/aromatic N) is 1. The summed E-state index contributed by atoms with van der Waals surface area (Å²) >= 11 is 0. The van der Waals surface area contributed by atoms with Gasteiger partial charge < -0.3 is 10.6 Å². The largest absolute Gasteiger partial charge is 0.384 e. The average molecular weight is 271 g/mol. The quantitative estimate of drug-likeness (QED) is 0.663. The Morgan fingerprint density at radius 1 is 1.10 bits per heavy atom. The molecule has 0 heterocycles. The minimum absolute atomic E-state index is 0.135. The lowest BCUT2D eigenvalue weighted by Crippen LogP contribution is -2.15. The van der Waals surface area contributed by atoms with Gasteiger partial charge in [-0.1, -0.05) is 17.7 Å². The van der Waals surface area contributed by atoms with E-state index in [1.54, 1.807) is 17.0 Å². The topological polar surface area (TPSA) is 53.1 Å². The van der Waals surface area contributed by atoms with E-state index < -0.39 is 0 Å². The van der Waals surface area contributed by atoms with Gasteiger partial charge in [0.1, 0.15) is 11.7 Å².